The molecular formula is C26H27N3O3S. The number of hydrogen-bond donors (Lipinski definition) is 0. The minimum Gasteiger partial charge on any atom is -0.490 e. The van der Waals surface area contributed by atoms with Crippen molar-refractivity contribution in [2.45, 2.75) is 34.2 Å². The number of anilines is 1. The number of thiazole rings is 1. The Labute approximate surface area is 197 Å². The van der Waals surface area contributed by atoms with Crippen LogP contribution < -0.4 is 14.4 Å². The van der Waals surface area contributed by atoms with E-state index in [4.69, 9.17) is 14.5 Å². The number of amides is 1. The zero-order chi connectivity index (χ0) is 23.4. The Morgan fingerprint density at radius 2 is 1.82 bits per heavy atom. The lowest BCUT2D eigenvalue weighted by Gasteiger charge is -2.21. The molecule has 0 aliphatic rings. The summed E-state index contributed by atoms with van der Waals surface area (Å²) < 4.78 is 12.5. The van der Waals surface area contributed by atoms with Crippen molar-refractivity contribution in [2.24, 2.45) is 0 Å². The van der Waals surface area contributed by atoms with Gasteiger partial charge in [-0.2, -0.15) is 0 Å². The zero-order valence-electron chi connectivity index (χ0n) is 19.3. The van der Waals surface area contributed by atoms with Crippen molar-refractivity contribution < 1.29 is 14.3 Å². The Hall–Kier alpha value is -3.45. The molecule has 170 valence electrons. The van der Waals surface area contributed by atoms with Crippen LogP contribution in [0.15, 0.2) is 54.9 Å². The fourth-order valence-electron chi connectivity index (χ4n) is 3.71. The quantitative estimate of drug-likeness (QED) is 0.324. The fraction of sp³-hybridized carbons (Fsp3) is 0.269. The van der Waals surface area contributed by atoms with Crippen LogP contribution in [0.2, 0.25) is 0 Å². The molecule has 0 unspecified atom stereocenters. The number of benzene rings is 2. The summed E-state index contributed by atoms with van der Waals surface area (Å²) in [6, 6.07) is 13.4. The Bertz CT molecular complexity index is 1270. The highest BCUT2D eigenvalue weighted by atomic mass is 32.1. The number of aryl methyl sites for hydroxylation is 2. The highest BCUT2D eigenvalue weighted by molar-refractivity contribution is 7.22. The predicted molar refractivity (Wildman–Crippen MR) is 133 cm³/mol. The maximum atomic E-state index is 13.8. The van der Waals surface area contributed by atoms with Crippen molar-refractivity contribution in [2.75, 3.05) is 18.1 Å². The van der Waals surface area contributed by atoms with Crippen LogP contribution in [0.25, 0.3) is 10.2 Å². The molecule has 0 bridgehead atoms. The third kappa shape index (κ3) is 4.98. The minimum atomic E-state index is -0.156. The van der Waals surface area contributed by atoms with Gasteiger partial charge in [0.2, 0.25) is 0 Å². The van der Waals surface area contributed by atoms with Gasteiger partial charge in [-0.1, -0.05) is 23.5 Å². The number of pyridine rings is 1. The van der Waals surface area contributed by atoms with Crippen LogP contribution >= 0.6 is 11.3 Å². The van der Waals surface area contributed by atoms with Gasteiger partial charge in [0.25, 0.3) is 5.91 Å². The smallest absolute Gasteiger partial charge is 0.260 e. The van der Waals surface area contributed by atoms with E-state index in [1.54, 1.807) is 35.5 Å². The Balaban J connectivity index is 1.77. The van der Waals surface area contributed by atoms with Crippen molar-refractivity contribution in [1.82, 2.24) is 9.97 Å². The molecule has 0 radical (unpaired) electrons. The summed E-state index contributed by atoms with van der Waals surface area (Å²) in [5, 5.41) is 0.652. The number of aromatic nitrogens is 2. The monoisotopic (exact) mass is 461 g/mol. The van der Waals surface area contributed by atoms with E-state index in [0.29, 0.717) is 42.0 Å². The molecule has 2 aromatic carbocycles. The second-order valence-corrected chi connectivity index (χ2v) is 8.71. The Morgan fingerprint density at radius 1 is 1.03 bits per heavy atom. The maximum absolute atomic E-state index is 13.8. The van der Waals surface area contributed by atoms with E-state index < -0.39 is 0 Å². The molecule has 0 atom stereocenters. The van der Waals surface area contributed by atoms with Crippen molar-refractivity contribution in [3.05, 3.63) is 77.1 Å². The molecule has 0 saturated carbocycles. The van der Waals surface area contributed by atoms with E-state index in [1.807, 2.05) is 32.9 Å². The van der Waals surface area contributed by atoms with Crippen LogP contribution in [0.4, 0.5) is 5.13 Å². The van der Waals surface area contributed by atoms with Gasteiger partial charge in [0.15, 0.2) is 16.6 Å². The van der Waals surface area contributed by atoms with Gasteiger partial charge in [0.05, 0.1) is 30.0 Å². The number of fused-ring (bicyclic) bond motifs is 1. The molecule has 33 heavy (non-hydrogen) atoms. The maximum Gasteiger partial charge on any atom is 0.260 e. The molecule has 4 aromatic rings. The molecular weight excluding hydrogens is 434 g/mol. The number of hydrogen-bond acceptors (Lipinski definition) is 6. The number of carbonyl (C=O) groups excluding carboxylic acids is 1. The lowest BCUT2D eigenvalue weighted by molar-refractivity contribution is 0.0984. The molecule has 0 saturated heterocycles. The lowest BCUT2D eigenvalue weighted by Crippen LogP contribution is -2.30. The van der Waals surface area contributed by atoms with E-state index in [9.17, 15) is 4.79 Å². The highest BCUT2D eigenvalue weighted by Gasteiger charge is 2.24. The van der Waals surface area contributed by atoms with Crippen molar-refractivity contribution in [1.29, 1.82) is 0 Å². The predicted octanol–water partition coefficient (Wildman–Crippen LogP) is 5.95. The molecule has 7 heteroatoms. The van der Waals surface area contributed by atoms with E-state index in [2.05, 4.69) is 24.0 Å². The van der Waals surface area contributed by atoms with Crippen LogP contribution in [0.3, 0.4) is 0 Å². The first kappa shape index (κ1) is 22.7. The summed E-state index contributed by atoms with van der Waals surface area (Å²) in [5.74, 6) is 1.03. The van der Waals surface area contributed by atoms with Gasteiger partial charge < -0.3 is 9.47 Å². The van der Waals surface area contributed by atoms with E-state index in [-0.39, 0.29) is 5.91 Å². The first-order chi connectivity index (χ1) is 16.0. The van der Waals surface area contributed by atoms with Crippen LogP contribution in [0.1, 0.15) is 40.9 Å². The van der Waals surface area contributed by atoms with Crippen LogP contribution in [0, 0.1) is 13.8 Å². The van der Waals surface area contributed by atoms with Gasteiger partial charge in [-0.05, 0) is 74.7 Å². The van der Waals surface area contributed by atoms with Crippen molar-refractivity contribution >= 4 is 32.6 Å². The van der Waals surface area contributed by atoms with Crippen LogP contribution in [-0.4, -0.2) is 29.1 Å². The summed E-state index contributed by atoms with van der Waals surface area (Å²) in [6.45, 7) is 9.30. The molecule has 0 spiro atoms. The summed E-state index contributed by atoms with van der Waals surface area (Å²) in [5.41, 5.74) is 4.63. The molecule has 0 N–H and O–H groups in total. The number of carbonyl (C=O) groups is 1. The average molecular weight is 462 g/mol. The van der Waals surface area contributed by atoms with Gasteiger partial charge in [0, 0.05) is 18.0 Å². The first-order valence-corrected chi connectivity index (χ1v) is 11.8. The second kappa shape index (κ2) is 10.0. The molecule has 0 aliphatic carbocycles. The Morgan fingerprint density at radius 3 is 2.55 bits per heavy atom. The molecule has 0 aliphatic heterocycles. The standard InChI is InChI=1S/C26H27N3O3S/c1-5-31-21-10-9-20(14-22(21)32-6-2)25(30)29(16-19-8-7-11-27-15-19)26-28-24-18(4)12-17(3)13-23(24)33-26/h7-15H,5-6,16H2,1-4H3. The number of ether oxygens (including phenoxy) is 2. The number of nitrogens with zero attached hydrogens (tertiary/aromatic N) is 3. The number of rotatable bonds is 8. The normalized spacial score (nSPS) is 10.9. The van der Waals surface area contributed by atoms with Gasteiger partial charge >= 0.3 is 0 Å². The second-order valence-electron chi connectivity index (χ2n) is 7.71. The van der Waals surface area contributed by atoms with Crippen LogP contribution in [0.5, 0.6) is 11.5 Å². The topological polar surface area (TPSA) is 64.5 Å². The lowest BCUT2D eigenvalue weighted by atomic mass is 10.1. The fourth-order valence-corrected chi connectivity index (χ4v) is 4.85. The summed E-state index contributed by atoms with van der Waals surface area (Å²) >= 11 is 1.52. The van der Waals surface area contributed by atoms with Gasteiger partial charge in [-0.15, -0.1) is 0 Å². The van der Waals surface area contributed by atoms with E-state index in [1.165, 1.54) is 16.9 Å². The third-order valence-corrected chi connectivity index (χ3v) is 6.17. The SMILES string of the molecule is CCOc1ccc(C(=O)N(Cc2cccnc2)c2nc3c(C)cc(C)cc3s2)cc1OCC. The zero-order valence-corrected chi connectivity index (χ0v) is 20.1. The van der Waals surface area contributed by atoms with Gasteiger partial charge in [-0.3, -0.25) is 14.7 Å². The van der Waals surface area contributed by atoms with Gasteiger partial charge in [-0.25, -0.2) is 4.98 Å². The highest BCUT2D eigenvalue weighted by Crippen LogP contribution is 2.34. The minimum absolute atomic E-state index is 0.156. The summed E-state index contributed by atoms with van der Waals surface area (Å²) in [4.78, 5) is 24.6. The van der Waals surface area contributed by atoms with Gasteiger partial charge in [0.1, 0.15) is 0 Å². The summed E-state index contributed by atoms with van der Waals surface area (Å²) in [6.07, 6.45) is 3.49. The molecule has 1 amide bonds. The third-order valence-electron chi connectivity index (χ3n) is 5.15. The van der Waals surface area contributed by atoms with Crippen molar-refractivity contribution in [3.63, 3.8) is 0 Å². The average Bonchev–Trinajstić information content (AvgIpc) is 3.23. The van der Waals surface area contributed by atoms with Crippen LogP contribution in [-0.2, 0) is 6.54 Å². The van der Waals surface area contributed by atoms with E-state index in [0.717, 1.165) is 21.3 Å². The van der Waals surface area contributed by atoms with E-state index >= 15 is 0 Å². The largest absolute Gasteiger partial charge is 0.490 e. The molecule has 2 aromatic heterocycles. The Kier molecular flexibility index (Phi) is 6.89. The molecule has 0 fully saturated rings. The first-order valence-electron chi connectivity index (χ1n) is 11.0. The molecule has 6 nitrogen and oxygen atoms in total. The van der Waals surface area contributed by atoms with Crippen molar-refractivity contribution in [3.8, 4) is 11.5 Å². The molecule has 2 heterocycles. The molecule has 4 rings (SSSR count). The summed E-state index contributed by atoms with van der Waals surface area (Å²) in [7, 11) is 0.